The van der Waals surface area contributed by atoms with Crippen LogP contribution in [0.2, 0.25) is 0 Å². The molecular formula is C25H33N3O4. The Hall–Kier alpha value is -3.09. The lowest BCUT2D eigenvalue weighted by Crippen LogP contribution is -2.49. The zero-order valence-corrected chi connectivity index (χ0v) is 19.4. The molecule has 1 N–H and O–H groups in total. The van der Waals surface area contributed by atoms with E-state index in [0.29, 0.717) is 43.4 Å². The van der Waals surface area contributed by atoms with Crippen LogP contribution in [0.5, 0.6) is 11.5 Å². The molecule has 7 heteroatoms. The second-order valence-corrected chi connectivity index (χ2v) is 9.03. The average molecular weight is 440 g/mol. The molecule has 1 aliphatic rings. The lowest BCUT2D eigenvalue weighted by atomic mass is 9.93. The molecule has 1 aromatic carbocycles. The van der Waals surface area contributed by atoms with Crippen molar-refractivity contribution in [1.29, 1.82) is 0 Å². The summed E-state index contributed by atoms with van der Waals surface area (Å²) in [6, 6.07) is 9.07. The number of amides is 2. The molecule has 2 amide bonds. The first-order chi connectivity index (χ1) is 15.3. The summed E-state index contributed by atoms with van der Waals surface area (Å²) < 4.78 is 11.6. The van der Waals surface area contributed by atoms with E-state index < -0.39 is 0 Å². The van der Waals surface area contributed by atoms with Gasteiger partial charge in [-0.3, -0.25) is 14.6 Å². The van der Waals surface area contributed by atoms with Gasteiger partial charge in [-0.15, -0.1) is 0 Å². The summed E-state index contributed by atoms with van der Waals surface area (Å²) in [5.41, 5.74) is 1.09. The van der Waals surface area contributed by atoms with E-state index in [0.717, 1.165) is 18.4 Å². The van der Waals surface area contributed by atoms with E-state index >= 15 is 0 Å². The summed E-state index contributed by atoms with van der Waals surface area (Å²) in [7, 11) is 0. The van der Waals surface area contributed by atoms with Crippen LogP contribution in [0.25, 0.3) is 0 Å². The van der Waals surface area contributed by atoms with E-state index in [4.69, 9.17) is 9.47 Å². The predicted molar refractivity (Wildman–Crippen MR) is 123 cm³/mol. The van der Waals surface area contributed by atoms with Gasteiger partial charge in [-0.2, -0.15) is 0 Å². The Morgan fingerprint density at radius 3 is 2.50 bits per heavy atom. The third kappa shape index (κ3) is 6.22. The highest BCUT2D eigenvalue weighted by Gasteiger charge is 2.30. The number of hydrogen-bond donors (Lipinski definition) is 1. The molecule has 0 radical (unpaired) electrons. The number of ether oxygens (including phenoxy) is 2. The minimum Gasteiger partial charge on any atom is -0.490 e. The van der Waals surface area contributed by atoms with Gasteiger partial charge < -0.3 is 19.7 Å². The highest BCUT2D eigenvalue weighted by Crippen LogP contribution is 2.29. The number of carbonyl (C=O) groups is 2. The van der Waals surface area contributed by atoms with Gasteiger partial charge in [-0.25, -0.2) is 0 Å². The number of likely N-dealkylation sites (tertiary alicyclic amines) is 1. The Labute approximate surface area is 190 Å². The molecule has 0 aliphatic carbocycles. The number of pyridine rings is 1. The van der Waals surface area contributed by atoms with Gasteiger partial charge in [0.15, 0.2) is 11.5 Å². The zero-order valence-electron chi connectivity index (χ0n) is 19.4. The van der Waals surface area contributed by atoms with Gasteiger partial charge in [-0.05, 0) is 44.0 Å². The first-order valence-electron chi connectivity index (χ1n) is 11.2. The second kappa shape index (κ2) is 10.5. The molecule has 32 heavy (non-hydrogen) atoms. The van der Waals surface area contributed by atoms with Crippen LogP contribution in [0.3, 0.4) is 0 Å². The highest BCUT2D eigenvalue weighted by molar-refractivity contribution is 5.95. The second-order valence-electron chi connectivity index (χ2n) is 9.03. The van der Waals surface area contributed by atoms with Crippen molar-refractivity contribution in [3.8, 4) is 11.5 Å². The van der Waals surface area contributed by atoms with Crippen LogP contribution in [0, 0.1) is 5.41 Å². The molecule has 2 heterocycles. The largest absolute Gasteiger partial charge is 0.490 e. The summed E-state index contributed by atoms with van der Waals surface area (Å²) in [5.74, 6) is 1.13. The lowest BCUT2D eigenvalue weighted by Gasteiger charge is -2.36. The molecule has 0 spiro atoms. The zero-order chi connectivity index (χ0) is 23.1. The maximum atomic E-state index is 12.8. The maximum Gasteiger partial charge on any atom is 0.251 e. The van der Waals surface area contributed by atoms with E-state index in [2.05, 4.69) is 10.3 Å². The number of hydrogen-bond acceptors (Lipinski definition) is 5. The van der Waals surface area contributed by atoms with E-state index in [1.165, 1.54) is 0 Å². The Morgan fingerprint density at radius 1 is 1.12 bits per heavy atom. The molecule has 0 unspecified atom stereocenters. The first kappa shape index (κ1) is 23.6. The van der Waals surface area contributed by atoms with E-state index in [1.54, 1.807) is 30.6 Å². The fourth-order valence-corrected chi connectivity index (χ4v) is 3.65. The van der Waals surface area contributed by atoms with Gasteiger partial charge in [0, 0.05) is 48.1 Å². The van der Waals surface area contributed by atoms with Crippen LogP contribution in [-0.2, 0) is 11.4 Å². The summed E-state index contributed by atoms with van der Waals surface area (Å²) in [4.78, 5) is 31.3. The lowest BCUT2D eigenvalue weighted by molar-refractivity contribution is -0.140. The van der Waals surface area contributed by atoms with Gasteiger partial charge in [0.25, 0.3) is 5.91 Å². The van der Waals surface area contributed by atoms with E-state index in [-0.39, 0.29) is 23.3 Å². The minimum atomic E-state index is -0.382. The molecule has 0 saturated carbocycles. The van der Waals surface area contributed by atoms with Crippen molar-refractivity contribution in [3.63, 3.8) is 0 Å². The minimum absolute atomic E-state index is 0.0450. The van der Waals surface area contributed by atoms with Crippen molar-refractivity contribution in [2.24, 2.45) is 5.41 Å². The quantitative estimate of drug-likeness (QED) is 0.709. The van der Waals surface area contributed by atoms with Crippen LogP contribution in [0.15, 0.2) is 42.7 Å². The van der Waals surface area contributed by atoms with Gasteiger partial charge in [0.2, 0.25) is 5.91 Å². The normalized spacial score (nSPS) is 14.7. The average Bonchev–Trinajstić information content (AvgIpc) is 2.78. The van der Waals surface area contributed by atoms with Crippen molar-refractivity contribution in [1.82, 2.24) is 15.2 Å². The van der Waals surface area contributed by atoms with Crippen LogP contribution < -0.4 is 14.8 Å². The van der Waals surface area contributed by atoms with Gasteiger partial charge in [-0.1, -0.05) is 26.8 Å². The number of aromatic nitrogens is 1. The molecule has 1 aliphatic heterocycles. The van der Waals surface area contributed by atoms with Crippen molar-refractivity contribution in [2.75, 3.05) is 19.7 Å². The Morgan fingerprint density at radius 2 is 1.88 bits per heavy atom. The molecule has 0 atom stereocenters. The van der Waals surface area contributed by atoms with Gasteiger partial charge in [0.05, 0.1) is 6.61 Å². The van der Waals surface area contributed by atoms with E-state index in [9.17, 15) is 9.59 Å². The number of carbonyl (C=O) groups excluding carboxylic acids is 2. The number of benzene rings is 1. The maximum absolute atomic E-state index is 12.8. The molecule has 172 valence electrons. The Balaban J connectivity index is 1.59. The third-order valence-electron chi connectivity index (χ3n) is 5.38. The molecule has 7 nitrogen and oxygen atoms in total. The molecule has 2 aromatic rings. The van der Waals surface area contributed by atoms with Gasteiger partial charge >= 0.3 is 0 Å². The third-order valence-corrected chi connectivity index (χ3v) is 5.38. The van der Waals surface area contributed by atoms with Gasteiger partial charge in [0.1, 0.15) is 6.61 Å². The van der Waals surface area contributed by atoms with Crippen LogP contribution in [0.1, 0.15) is 56.5 Å². The SMILES string of the molecule is CCOc1cc(C(=O)NC2CCN(C(=O)C(C)(C)C)CC2)ccc1OCc1cccnc1. The topological polar surface area (TPSA) is 80.8 Å². The predicted octanol–water partition coefficient (Wildman–Crippen LogP) is 3.83. The monoisotopic (exact) mass is 439 g/mol. The van der Waals surface area contributed by atoms with Crippen molar-refractivity contribution in [2.45, 2.75) is 53.2 Å². The molecule has 1 aromatic heterocycles. The van der Waals surface area contributed by atoms with Crippen molar-refractivity contribution < 1.29 is 19.1 Å². The number of nitrogens with zero attached hydrogens (tertiary/aromatic N) is 2. The van der Waals surface area contributed by atoms with Crippen LogP contribution in [0.4, 0.5) is 0 Å². The smallest absolute Gasteiger partial charge is 0.251 e. The summed E-state index contributed by atoms with van der Waals surface area (Å²) >= 11 is 0. The molecule has 1 fully saturated rings. The Bertz CT molecular complexity index is 917. The molecule has 3 rings (SSSR count). The molecule has 0 bridgehead atoms. The molecular weight excluding hydrogens is 406 g/mol. The highest BCUT2D eigenvalue weighted by atomic mass is 16.5. The van der Waals surface area contributed by atoms with Crippen molar-refractivity contribution in [3.05, 3.63) is 53.9 Å². The summed E-state index contributed by atoms with van der Waals surface area (Å²) in [5, 5.41) is 3.10. The standard InChI is InChI=1S/C25H33N3O4/c1-5-31-22-15-19(8-9-21(22)32-17-18-7-6-12-26-16-18)23(29)27-20-10-13-28(14-11-20)24(30)25(2,3)4/h6-9,12,15-16,20H,5,10-11,13-14,17H2,1-4H3,(H,27,29). The summed E-state index contributed by atoms with van der Waals surface area (Å²) in [6.07, 6.45) is 4.97. The van der Waals surface area contributed by atoms with Crippen LogP contribution in [-0.4, -0.2) is 47.4 Å². The number of rotatable bonds is 7. The number of nitrogens with one attached hydrogen (secondary N) is 1. The fraction of sp³-hybridized carbons (Fsp3) is 0.480. The number of piperidine rings is 1. The van der Waals surface area contributed by atoms with Crippen molar-refractivity contribution >= 4 is 11.8 Å². The first-order valence-corrected chi connectivity index (χ1v) is 11.2. The fourth-order valence-electron chi connectivity index (χ4n) is 3.65. The van der Waals surface area contributed by atoms with Crippen LogP contribution >= 0.6 is 0 Å². The summed E-state index contributed by atoms with van der Waals surface area (Å²) in [6.45, 7) is 9.85. The van der Waals surface area contributed by atoms with E-state index in [1.807, 2.05) is 44.7 Å². The Kier molecular flexibility index (Phi) is 7.72. The molecule has 1 saturated heterocycles.